The fraction of sp³-hybridized carbons (Fsp3) is 0.316. The number of aromatic nitrogens is 1. The monoisotopic (exact) mass is 374 g/mol. The zero-order chi connectivity index (χ0) is 19.3. The summed E-state index contributed by atoms with van der Waals surface area (Å²) in [5.41, 5.74) is 1.38. The van der Waals surface area contributed by atoms with E-state index in [1.165, 1.54) is 11.8 Å². The smallest absolute Gasteiger partial charge is 0.407 e. The molecule has 0 radical (unpaired) electrons. The molecule has 0 spiro atoms. The second-order valence-electron chi connectivity index (χ2n) is 6.75. The molecule has 0 atom stereocenters. The van der Waals surface area contributed by atoms with Gasteiger partial charge in [-0.3, -0.25) is 0 Å². The molecule has 26 heavy (non-hydrogen) atoms. The third-order valence-corrected chi connectivity index (χ3v) is 4.04. The number of rotatable bonds is 5. The Morgan fingerprint density at radius 2 is 1.96 bits per heavy atom. The molecule has 1 aromatic heterocycles. The van der Waals surface area contributed by atoms with Crippen molar-refractivity contribution in [1.29, 1.82) is 0 Å². The first-order chi connectivity index (χ1) is 12.1. The maximum absolute atomic E-state index is 11.8. The average molecular weight is 374 g/mol. The van der Waals surface area contributed by atoms with Crippen molar-refractivity contribution in [2.24, 2.45) is 0 Å². The van der Waals surface area contributed by atoms with Gasteiger partial charge in [-0.15, -0.1) is 0 Å². The van der Waals surface area contributed by atoms with Crippen LogP contribution in [0.5, 0.6) is 0 Å². The molecule has 0 unspecified atom stereocenters. The van der Waals surface area contributed by atoms with E-state index in [1.54, 1.807) is 18.2 Å². The number of benzene rings is 1. The van der Waals surface area contributed by atoms with Crippen LogP contribution in [0.3, 0.4) is 0 Å². The molecule has 0 aliphatic heterocycles. The van der Waals surface area contributed by atoms with Crippen LogP contribution in [0.15, 0.2) is 46.3 Å². The van der Waals surface area contributed by atoms with Crippen LogP contribution >= 0.6 is 11.8 Å². The minimum absolute atomic E-state index is 0.231. The Kier molecular flexibility index (Phi) is 6.26. The summed E-state index contributed by atoms with van der Waals surface area (Å²) in [6, 6.07) is 10.4. The van der Waals surface area contributed by atoms with Crippen molar-refractivity contribution in [1.82, 2.24) is 10.3 Å². The number of hydrogen-bond acceptors (Lipinski definition) is 5. The summed E-state index contributed by atoms with van der Waals surface area (Å²) in [6.45, 7) is 7.62. The third-order valence-electron chi connectivity index (χ3n) is 3.13. The van der Waals surface area contributed by atoms with Crippen LogP contribution in [0.2, 0.25) is 0 Å². The lowest BCUT2D eigenvalue weighted by Crippen LogP contribution is -2.32. The quantitative estimate of drug-likeness (QED) is 0.813. The number of nitrogens with one attached hydrogen (secondary N) is 1. The Hall–Kier alpha value is -2.54. The SMILES string of the molecule is Cc1cc(CNC(=O)OC(C)(C)C)cc(Sc2cccc(C(=O)O)c2)n1. The van der Waals surface area contributed by atoms with E-state index in [-0.39, 0.29) is 5.56 Å². The molecule has 0 bridgehead atoms. The molecule has 7 heteroatoms. The predicted octanol–water partition coefficient (Wildman–Crippen LogP) is 4.26. The maximum atomic E-state index is 11.8. The number of aryl methyl sites for hydroxylation is 1. The summed E-state index contributed by atoms with van der Waals surface area (Å²) < 4.78 is 5.22. The number of carbonyl (C=O) groups excluding carboxylic acids is 1. The molecule has 2 N–H and O–H groups in total. The highest BCUT2D eigenvalue weighted by atomic mass is 32.2. The summed E-state index contributed by atoms with van der Waals surface area (Å²) in [6.07, 6.45) is -0.477. The number of ether oxygens (including phenoxy) is 1. The summed E-state index contributed by atoms with van der Waals surface area (Å²) in [5.74, 6) is -0.966. The number of carbonyl (C=O) groups is 2. The highest BCUT2D eigenvalue weighted by Crippen LogP contribution is 2.27. The maximum Gasteiger partial charge on any atom is 0.407 e. The molecule has 138 valence electrons. The van der Waals surface area contributed by atoms with Crippen LogP contribution in [-0.4, -0.2) is 27.8 Å². The molecule has 0 aliphatic rings. The molecule has 0 aliphatic carbocycles. The Labute approximate surface area is 157 Å². The van der Waals surface area contributed by atoms with E-state index in [0.717, 1.165) is 21.2 Å². The highest BCUT2D eigenvalue weighted by molar-refractivity contribution is 7.99. The first-order valence-electron chi connectivity index (χ1n) is 8.08. The molecule has 0 fully saturated rings. The highest BCUT2D eigenvalue weighted by Gasteiger charge is 2.16. The molecular weight excluding hydrogens is 352 g/mol. The fourth-order valence-electron chi connectivity index (χ4n) is 2.16. The average Bonchev–Trinajstić information content (AvgIpc) is 2.51. The van der Waals surface area contributed by atoms with Crippen LogP contribution in [-0.2, 0) is 11.3 Å². The lowest BCUT2D eigenvalue weighted by Gasteiger charge is -2.19. The zero-order valence-electron chi connectivity index (χ0n) is 15.2. The van der Waals surface area contributed by atoms with Gasteiger partial charge in [-0.05, 0) is 63.6 Å². The van der Waals surface area contributed by atoms with Crippen molar-refractivity contribution >= 4 is 23.8 Å². The van der Waals surface area contributed by atoms with Gasteiger partial charge in [-0.2, -0.15) is 0 Å². The van der Waals surface area contributed by atoms with Gasteiger partial charge in [0.05, 0.1) is 5.56 Å². The normalized spacial score (nSPS) is 11.1. The van der Waals surface area contributed by atoms with Gasteiger partial charge in [0.25, 0.3) is 0 Å². The summed E-state index contributed by atoms with van der Waals surface area (Å²) in [5, 5.41) is 12.5. The molecule has 2 rings (SSSR count). The summed E-state index contributed by atoms with van der Waals surface area (Å²) in [7, 11) is 0. The molecule has 2 aromatic rings. The van der Waals surface area contributed by atoms with E-state index >= 15 is 0 Å². The van der Waals surface area contributed by atoms with Crippen LogP contribution in [0.4, 0.5) is 4.79 Å². The van der Waals surface area contributed by atoms with Gasteiger partial charge < -0.3 is 15.2 Å². The fourth-order valence-corrected chi connectivity index (χ4v) is 3.14. The van der Waals surface area contributed by atoms with E-state index in [1.807, 2.05) is 45.9 Å². The van der Waals surface area contributed by atoms with Gasteiger partial charge in [0.2, 0.25) is 0 Å². The number of carboxylic acid groups (broad SMARTS) is 1. The lowest BCUT2D eigenvalue weighted by molar-refractivity contribution is 0.0523. The first-order valence-corrected chi connectivity index (χ1v) is 8.90. The predicted molar refractivity (Wildman–Crippen MR) is 99.6 cm³/mol. The number of alkyl carbamates (subject to hydrolysis) is 1. The van der Waals surface area contributed by atoms with Crippen LogP contribution < -0.4 is 5.32 Å². The third kappa shape index (κ3) is 6.40. The van der Waals surface area contributed by atoms with E-state index in [2.05, 4.69) is 10.3 Å². The second kappa shape index (κ2) is 8.23. The molecule has 0 saturated heterocycles. The number of nitrogens with zero attached hydrogens (tertiary/aromatic N) is 1. The standard InChI is InChI=1S/C19H22N2O4S/c1-12-8-13(11-20-18(24)25-19(2,3)4)9-16(21-12)26-15-7-5-6-14(10-15)17(22)23/h5-10H,11H2,1-4H3,(H,20,24)(H,22,23). The lowest BCUT2D eigenvalue weighted by atomic mass is 10.2. The van der Waals surface area contributed by atoms with Gasteiger partial charge in [0.15, 0.2) is 0 Å². The number of amides is 1. The molecule has 0 saturated carbocycles. The van der Waals surface area contributed by atoms with Crippen molar-refractivity contribution in [2.45, 2.75) is 49.8 Å². The van der Waals surface area contributed by atoms with E-state index in [0.29, 0.717) is 6.54 Å². The molecule has 1 aromatic carbocycles. The van der Waals surface area contributed by atoms with Gasteiger partial charge >= 0.3 is 12.1 Å². The van der Waals surface area contributed by atoms with Crippen molar-refractivity contribution in [3.63, 3.8) is 0 Å². The van der Waals surface area contributed by atoms with Gasteiger partial charge in [-0.25, -0.2) is 14.6 Å². The Morgan fingerprint density at radius 3 is 2.62 bits per heavy atom. The molecule has 1 heterocycles. The molecule has 6 nitrogen and oxygen atoms in total. The molecular formula is C19H22N2O4S. The summed E-state index contributed by atoms with van der Waals surface area (Å²) in [4.78, 5) is 28.1. The van der Waals surface area contributed by atoms with Crippen LogP contribution in [0, 0.1) is 6.92 Å². The largest absolute Gasteiger partial charge is 0.478 e. The van der Waals surface area contributed by atoms with Gasteiger partial charge in [-0.1, -0.05) is 17.8 Å². The minimum atomic E-state index is -0.966. The van der Waals surface area contributed by atoms with Crippen molar-refractivity contribution in [3.05, 3.63) is 53.2 Å². The first kappa shape index (κ1) is 19.8. The second-order valence-corrected chi connectivity index (χ2v) is 7.84. The minimum Gasteiger partial charge on any atom is -0.478 e. The van der Waals surface area contributed by atoms with Gasteiger partial charge in [0, 0.05) is 17.1 Å². The zero-order valence-corrected chi connectivity index (χ0v) is 16.0. The Morgan fingerprint density at radius 1 is 1.23 bits per heavy atom. The Balaban J connectivity index is 2.08. The van der Waals surface area contributed by atoms with E-state index in [4.69, 9.17) is 9.84 Å². The van der Waals surface area contributed by atoms with Crippen molar-refractivity contribution in [3.8, 4) is 0 Å². The van der Waals surface area contributed by atoms with Crippen LogP contribution in [0.1, 0.15) is 42.4 Å². The van der Waals surface area contributed by atoms with Crippen molar-refractivity contribution < 1.29 is 19.4 Å². The summed E-state index contributed by atoms with van der Waals surface area (Å²) >= 11 is 1.37. The van der Waals surface area contributed by atoms with Crippen molar-refractivity contribution in [2.75, 3.05) is 0 Å². The van der Waals surface area contributed by atoms with E-state index in [9.17, 15) is 9.59 Å². The number of hydrogen-bond donors (Lipinski definition) is 2. The van der Waals surface area contributed by atoms with E-state index < -0.39 is 17.7 Å². The molecule has 1 amide bonds. The van der Waals surface area contributed by atoms with Crippen LogP contribution in [0.25, 0.3) is 0 Å². The number of aromatic carboxylic acids is 1. The Bertz CT molecular complexity index is 815. The number of pyridine rings is 1. The van der Waals surface area contributed by atoms with Gasteiger partial charge in [0.1, 0.15) is 10.6 Å². The topological polar surface area (TPSA) is 88.5 Å². The number of carboxylic acids is 1.